The first-order chi connectivity index (χ1) is 10.9. The number of hydrogen-bond donors (Lipinski definition) is 1. The lowest BCUT2D eigenvalue weighted by molar-refractivity contribution is 0.218. The number of nitrogens with zero attached hydrogens (tertiary/aromatic N) is 2. The molecule has 6 nitrogen and oxygen atoms in total. The Morgan fingerprint density at radius 1 is 1.13 bits per heavy atom. The summed E-state index contributed by atoms with van der Waals surface area (Å²) in [5.41, 5.74) is 2.14. The second-order valence-electron chi connectivity index (χ2n) is 5.41. The van der Waals surface area contributed by atoms with Gasteiger partial charge in [0.25, 0.3) is 10.0 Å². The first kappa shape index (κ1) is 15.4. The lowest BCUT2D eigenvalue weighted by Gasteiger charge is -2.27. The van der Waals surface area contributed by atoms with Crippen LogP contribution in [0.5, 0.6) is 0 Å². The first-order valence-corrected chi connectivity index (χ1v) is 8.52. The largest absolute Gasteiger partial charge is 0.323 e. The number of urea groups is 1. The van der Waals surface area contributed by atoms with Crippen LogP contribution >= 0.6 is 0 Å². The van der Waals surface area contributed by atoms with Crippen LogP contribution in [-0.2, 0) is 16.6 Å². The number of anilines is 2. The Morgan fingerprint density at radius 2 is 1.83 bits per heavy atom. The lowest BCUT2D eigenvalue weighted by atomic mass is 10.1. The number of nitrogens with one attached hydrogen (secondary N) is 1. The summed E-state index contributed by atoms with van der Waals surface area (Å²) in [7, 11) is -0.398. The van der Waals surface area contributed by atoms with Gasteiger partial charge in [-0.15, -0.1) is 0 Å². The lowest BCUT2D eigenvalue weighted by Crippen LogP contribution is -2.35. The van der Waals surface area contributed by atoms with Crippen LogP contribution in [0.15, 0.2) is 53.4 Å². The van der Waals surface area contributed by atoms with Crippen molar-refractivity contribution in [2.45, 2.75) is 11.4 Å². The van der Waals surface area contributed by atoms with Gasteiger partial charge in [0.15, 0.2) is 0 Å². The van der Waals surface area contributed by atoms with Crippen molar-refractivity contribution in [1.82, 2.24) is 4.90 Å². The smallest absolute Gasteiger partial charge is 0.321 e. The number of amides is 2. The van der Waals surface area contributed by atoms with Crippen molar-refractivity contribution in [3.8, 4) is 0 Å². The molecule has 7 heteroatoms. The van der Waals surface area contributed by atoms with E-state index < -0.39 is 10.0 Å². The SMILES string of the molecule is CN1Cc2cc(N(C)S(=O)(=O)c3ccccc3)ccc2NC1=O. The van der Waals surface area contributed by atoms with E-state index in [1.165, 1.54) is 16.3 Å². The number of fused-ring (bicyclic) bond motifs is 1. The van der Waals surface area contributed by atoms with Crippen LogP contribution in [0, 0.1) is 0 Å². The Bertz CT molecular complexity index is 850. The molecule has 0 radical (unpaired) electrons. The first-order valence-electron chi connectivity index (χ1n) is 7.08. The molecule has 2 aromatic rings. The van der Waals surface area contributed by atoms with E-state index in [-0.39, 0.29) is 10.9 Å². The fourth-order valence-electron chi connectivity index (χ4n) is 2.46. The van der Waals surface area contributed by atoms with Crippen molar-refractivity contribution in [2.24, 2.45) is 0 Å². The molecule has 1 heterocycles. The topological polar surface area (TPSA) is 69.7 Å². The molecular formula is C16H17N3O3S. The van der Waals surface area contributed by atoms with Gasteiger partial charge in [-0.1, -0.05) is 18.2 Å². The van der Waals surface area contributed by atoms with Gasteiger partial charge in [-0.2, -0.15) is 0 Å². The van der Waals surface area contributed by atoms with E-state index in [1.807, 2.05) is 0 Å². The third-order valence-electron chi connectivity index (χ3n) is 3.85. The zero-order valence-corrected chi connectivity index (χ0v) is 13.7. The Hall–Kier alpha value is -2.54. The molecule has 0 saturated heterocycles. The van der Waals surface area contributed by atoms with Crippen molar-refractivity contribution in [2.75, 3.05) is 23.7 Å². The Kier molecular flexibility index (Phi) is 3.73. The third kappa shape index (κ3) is 2.75. The number of sulfonamides is 1. The van der Waals surface area contributed by atoms with E-state index >= 15 is 0 Å². The van der Waals surface area contributed by atoms with Crippen LogP contribution in [0.25, 0.3) is 0 Å². The van der Waals surface area contributed by atoms with Crippen LogP contribution in [-0.4, -0.2) is 33.4 Å². The van der Waals surface area contributed by atoms with Gasteiger partial charge in [0.05, 0.1) is 10.6 Å². The predicted octanol–water partition coefficient (Wildman–Crippen LogP) is 2.49. The van der Waals surface area contributed by atoms with E-state index in [0.717, 1.165) is 5.56 Å². The fraction of sp³-hybridized carbons (Fsp3) is 0.188. The molecule has 0 unspecified atom stereocenters. The van der Waals surface area contributed by atoms with Crippen LogP contribution in [0.3, 0.4) is 0 Å². The molecule has 0 fully saturated rings. The minimum atomic E-state index is -3.61. The molecule has 0 saturated carbocycles. The van der Waals surface area contributed by atoms with Crippen molar-refractivity contribution in [3.05, 3.63) is 54.1 Å². The summed E-state index contributed by atoms with van der Waals surface area (Å²) < 4.78 is 26.6. The van der Waals surface area contributed by atoms with E-state index in [1.54, 1.807) is 55.6 Å². The Labute approximate surface area is 135 Å². The minimum absolute atomic E-state index is 0.171. The quantitative estimate of drug-likeness (QED) is 0.939. The number of carbonyl (C=O) groups is 1. The molecule has 0 atom stereocenters. The highest BCUT2D eigenvalue weighted by Crippen LogP contribution is 2.29. The number of hydrogen-bond acceptors (Lipinski definition) is 3. The van der Waals surface area contributed by atoms with E-state index in [9.17, 15) is 13.2 Å². The zero-order valence-electron chi connectivity index (χ0n) is 12.9. The second-order valence-corrected chi connectivity index (χ2v) is 7.38. The fourth-order valence-corrected chi connectivity index (χ4v) is 3.66. The molecule has 2 aromatic carbocycles. The molecule has 0 aromatic heterocycles. The monoisotopic (exact) mass is 331 g/mol. The van der Waals surface area contributed by atoms with Crippen LogP contribution in [0.1, 0.15) is 5.56 Å². The Morgan fingerprint density at radius 3 is 2.52 bits per heavy atom. The van der Waals surface area contributed by atoms with Gasteiger partial charge in [-0.05, 0) is 35.9 Å². The molecule has 0 bridgehead atoms. The molecule has 120 valence electrons. The third-order valence-corrected chi connectivity index (χ3v) is 5.65. The number of benzene rings is 2. The van der Waals surface area contributed by atoms with E-state index in [4.69, 9.17) is 0 Å². The standard InChI is InChI=1S/C16H17N3O3S/c1-18-11-12-10-13(8-9-15(12)17-16(18)20)19(2)23(21,22)14-6-4-3-5-7-14/h3-10H,11H2,1-2H3,(H,17,20). The van der Waals surface area contributed by atoms with Crippen LogP contribution < -0.4 is 9.62 Å². The van der Waals surface area contributed by atoms with E-state index in [2.05, 4.69) is 5.32 Å². The van der Waals surface area contributed by atoms with Gasteiger partial charge >= 0.3 is 6.03 Å². The predicted molar refractivity (Wildman–Crippen MR) is 89.0 cm³/mol. The zero-order chi connectivity index (χ0) is 16.6. The van der Waals surface area contributed by atoms with Gasteiger partial charge in [0.1, 0.15) is 0 Å². The van der Waals surface area contributed by atoms with Gasteiger partial charge in [-0.3, -0.25) is 4.31 Å². The molecule has 2 amide bonds. The van der Waals surface area contributed by atoms with Gasteiger partial charge in [-0.25, -0.2) is 13.2 Å². The Balaban J connectivity index is 1.97. The summed E-state index contributed by atoms with van der Waals surface area (Å²) in [6.07, 6.45) is 0. The van der Waals surface area contributed by atoms with Gasteiger partial charge in [0, 0.05) is 26.3 Å². The summed E-state index contributed by atoms with van der Waals surface area (Å²) in [5, 5.41) is 2.77. The summed E-state index contributed by atoms with van der Waals surface area (Å²) in [4.78, 5) is 13.4. The second kappa shape index (κ2) is 5.58. The van der Waals surface area contributed by atoms with E-state index in [0.29, 0.717) is 17.9 Å². The molecule has 1 aliphatic heterocycles. The maximum Gasteiger partial charge on any atom is 0.321 e. The van der Waals surface area contributed by atoms with Crippen LogP contribution in [0.4, 0.5) is 16.2 Å². The highest BCUT2D eigenvalue weighted by atomic mass is 32.2. The van der Waals surface area contributed by atoms with Crippen molar-refractivity contribution >= 4 is 27.4 Å². The maximum atomic E-state index is 12.7. The average Bonchev–Trinajstić information content (AvgIpc) is 2.55. The number of carbonyl (C=O) groups excluding carboxylic acids is 1. The summed E-state index contributed by atoms with van der Waals surface area (Å²) in [6, 6.07) is 13.3. The summed E-state index contributed by atoms with van der Waals surface area (Å²) in [6.45, 7) is 0.439. The number of rotatable bonds is 3. The highest BCUT2D eigenvalue weighted by molar-refractivity contribution is 7.92. The molecule has 1 N–H and O–H groups in total. The van der Waals surface area contributed by atoms with Crippen molar-refractivity contribution < 1.29 is 13.2 Å². The normalized spacial score (nSPS) is 14.2. The molecule has 0 spiro atoms. The van der Waals surface area contributed by atoms with Gasteiger partial charge in [0.2, 0.25) is 0 Å². The van der Waals surface area contributed by atoms with Crippen molar-refractivity contribution in [3.63, 3.8) is 0 Å². The maximum absolute atomic E-state index is 12.7. The average molecular weight is 331 g/mol. The van der Waals surface area contributed by atoms with Gasteiger partial charge < -0.3 is 10.2 Å². The highest BCUT2D eigenvalue weighted by Gasteiger charge is 2.24. The molecule has 0 aliphatic carbocycles. The molecule has 23 heavy (non-hydrogen) atoms. The van der Waals surface area contributed by atoms with Crippen LogP contribution in [0.2, 0.25) is 0 Å². The molecule has 1 aliphatic rings. The molecule has 3 rings (SSSR count). The summed E-state index contributed by atoms with van der Waals surface area (Å²) in [5.74, 6) is 0. The molecular weight excluding hydrogens is 314 g/mol. The minimum Gasteiger partial charge on any atom is -0.323 e. The van der Waals surface area contributed by atoms with Crippen molar-refractivity contribution in [1.29, 1.82) is 0 Å². The summed E-state index contributed by atoms with van der Waals surface area (Å²) >= 11 is 0.